The Balaban J connectivity index is 2.34. The van der Waals surface area contributed by atoms with Crippen LogP contribution in [0.1, 0.15) is 52.9 Å². The number of nitrogens with one attached hydrogen (secondary N) is 1. The molecule has 0 aromatic rings. The number of rotatable bonds is 1. The molecule has 0 aromatic carbocycles. The van der Waals surface area contributed by atoms with E-state index >= 15 is 0 Å². The normalized spacial score (nSPS) is 40.5. The third-order valence-electron chi connectivity index (χ3n) is 4.62. The minimum atomic E-state index is 0.0151. The molecule has 1 saturated heterocycles. The molecule has 1 spiro atoms. The lowest BCUT2D eigenvalue weighted by Gasteiger charge is -2.41. The second kappa shape index (κ2) is 2.98. The minimum absolute atomic E-state index is 0.0151. The molecule has 2 unspecified atom stereocenters. The van der Waals surface area contributed by atoms with Crippen molar-refractivity contribution >= 4 is 5.91 Å². The molecule has 1 heterocycles. The Labute approximate surface area is 86.5 Å². The molecule has 80 valence electrons. The van der Waals surface area contributed by atoms with Gasteiger partial charge in [-0.2, -0.15) is 0 Å². The van der Waals surface area contributed by atoms with Crippen LogP contribution in [0.15, 0.2) is 0 Å². The van der Waals surface area contributed by atoms with E-state index in [1.54, 1.807) is 0 Å². The van der Waals surface area contributed by atoms with Gasteiger partial charge < -0.3 is 5.32 Å². The van der Waals surface area contributed by atoms with Gasteiger partial charge in [0.05, 0.1) is 0 Å². The zero-order chi connectivity index (χ0) is 10.4. The zero-order valence-corrected chi connectivity index (χ0v) is 9.52. The number of amides is 1. The summed E-state index contributed by atoms with van der Waals surface area (Å²) in [7, 11) is 0. The van der Waals surface area contributed by atoms with Gasteiger partial charge in [0.15, 0.2) is 0 Å². The fourth-order valence-electron chi connectivity index (χ4n) is 3.82. The average Bonchev–Trinajstić information content (AvgIpc) is 2.56. The van der Waals surface area contributed by atoms with Crippen LogP contribution < -0.4 is 5.32 Å². The van der Waals surface area contributed by atoms with Gasteiger partial charge in [-0.25, -0.2) is 0 Å². The summed E-state index contributed by atoms with van der Waals surface area (Å²) < 4.78 is 0. The second-order valence-electron chi connectivity index (χ2n) is 5.50. The van der Waals surface area contributed by atoms with Gasteiger partial charge in [0.1, 0.15) is 0 Å². The summed E-state index contributed by atoms with van der Waals surface area (Å²) in [6, 6.07) is 0. The molecule has 1 aliphatic heterocycles. The summed E-state index contributed by atoms with van der Waals surface area (Å²) in [6.45, 7) is 6.66. The van der Waals surface area contributed by atoms with Crippen molar-refractivity contribution in [2.45, 2.75) is 58.4 Å². The lowest BCUT2D eigenvalue weighted by molar-refractivity contribution is -0.120. The van der Waals surface area contributed by atoms with Crippen molar-refractivity contribution in [3.05, 3.63) is 0 Å². The van der Waals surface area contributed by atoms with E-state index in [1.165, 1.54) is 25.7 Å². The molecule has 0 radical (unpaired) electrons. The first-order valence-electron chi connectivity index (χ1n) is 5.83. The van der Waals surface area contributed by atoms with Gasteiger partial charge in [0, 0.05) is 17.4 Å². The number of carbonyl (C=O) groups excluding carboxylic acids is 1. The molecule has 1 amide bonds. The van der Waals surface area contributed by atoms with Crippen molar-refractivity contribution in [2.24, 2.45) is 11.3 Å². The Hall–Kier alpha value is -0.530. The molecule has 0 bridgehead atoms. The highest BCUT2D eigenvalue weighted by molar-refractivity contribution is 5.81. The van der Waals surface area contributed by atoms with Crippen LogP contribution in [0.25, 0.3) is 0 Å². The Kier molecular flexibility index (Phi) is 2.13. The fourth-order valence-corrected chi connectivity index (χ4v) is 3.82. The van der Waals surface area contributed by atoms with Gasteiger partial charge in [-0.05, 0) is 32.6 Å². The van der Waals surface area contributed by atoms with Gasteiger partial charge in [-0.1, -0.05) is 19.8 Å². The Morgan fingerprint density at radius 3 is 2.71 bits per heavy atom. The third-order valence-corrected chi connectivity index (χ3v) is 4.62. The van der Waals surface area contributed by atoms with Gasteiger partial charge in [0.25, 0.3) is 0 Å². The summed E-state index contributed by atoms with van der Waals surface area (Å²) in [5.74, 6) is 1.01. The van der Waals surface area contributed by atoms with Gasteiger partial charge in [-0.15, -0.1) is 0 Å². The zero-order valence-electron chi connectivity index (χ0n) is 9.52. The summed E-state index contributed by atoms with van der Waals surface area (Å²) in [5.41, 5.74) is 0.278. The predicted octanol–water partition coefficient (Wildman–Crippen LogP) is 2.48. The van der Waals surface area contributed by atoms with Crippen molar-refractivity contribution in [3.63, 3.8) is 0 Å². The molecule has 1 N–H and O–H groups in total. The first kappa shape index (κ1) is 10.0. The predicted molar refractivity (Wildman–Crippen MR) is 56.9 cm³/mol. The Morgan fingerprint density at radius 2 is 2.21 bits per heavy atom. The summed E-state index contributed by atoms with van der Waals surface area (Å²) >= 11 is 0. The van der Waals surface area contributed by atoms with Crippen LogP contribution >= 0.6 is 0 Å². The second-order valence-corrected chi connectivity index (χ2v) is 5.50. The van der Waals surface area contributed by atoms with Crippen LogP contribution in [0.5, 0.6) is 0 Å². The SMILES string of the molecule is CCC1CCCC12CC(=O)NC2(C)C. The Morgan fingerprint density at radius 1 is 1.50 bits per heavy atom. The van der Waals surface area contributed by atoms with Gasteiger partial charge in [-0.3, -0.25) is 4.79 Å². The van der Waals surface area contributed by atoms with Crippen LogP contribution in [0, 0.1) is 11.3 Å². The summed E-state index contributed by atoms with van der Waals surface area (Å²) in [5, 5.41) is 3.15. The largest absolute Gasteiger partial charge is 0.351 e. The van der Waals surface area contributed by atoms with E-state index in [-0.39, 0.29) is 16.9 Å². The van der Waals surface area contributed by atoms with E-state index in [1.807, 2.05) is 0 Å². The van der Waals surface area contributed by atoms with Crippen molar-refractivity contribution in [1.29, 1.82) is 0 Å². The van der Waals surface area contributed by atoms with Gasteiger partial charge >= 0.3 is 0 Å². The quantitative estimate of drug-likeness (QED) is 0.684. The van der Waals surface area contributed by atoms with Crippen molar-refractivity contribution in [3.8, 4) is 0 Å². The van der Waals surface area contributed by atoms with E-state index in [4.69, 9.17) is 0 Å². The summed E-state index contributed by atoms with van der Waals surface area (Å²) in [4.78, 5) is 11.6. The highest BCUT2D eigenvalue weighted by atomic mass is 16.2. The van der Waals surface area contributed by atoms with Crippen LogP contribution in [0.3, 0.4) is 0 Å². The van der Waals surface area contributed by atoms with Crippen LogP contribution in [0.4, 0.5) is 0 Å². The van der Waals surface area contributed by atoms with Crippen molar-refractivity contribution < 1.29 is 4.79 Å². The van der Waals surface area contributed by atoms with E-state index in [0.29, 0.717) is 0 Å². The Bertz CT molecular complexity index is 259. The molecule has 2 nitrogen and oxygen atoms in total. The maximum absolute atomic E-state index is 11.6. The molecular formula is C12H21NO. The molecule has 2 aliphatic rings. The highest BCUT2D eigenvalue weighted by Crippen LogP contribution is 2.56. The first-order chi connectivity index (χ1) is 6.52. The molecule has 2 atom stereocenters. The highest BCUT2D eigenvalue weighted by Gasteiger charge is 2.57. The molecule has 2 rings (SSSR count). The molecule has 1 aliphatic carbocycles. The van der Waals surface area contributed by atoms with E-state index in [2.05, 4.69) is 26.1 Å². The van der Waals surface area contributed by atoms with Crippen molar-refractivity contribution in [2.75, 3.05) is 0 Å². The maximum Gasteiger partial charge on any atom is 0.221 e. The topological polar surface area (TPSA) is 29.1 Å². The molecule has 1 saturated carbocycles. The standard InChI is InChI=1S/C12H21NO/c1-4-9-6-5-7-12(9)8-10(14)13-11(12,2)3/h9H,4-8H2,1-3H3,(H,13,14). The fraction of sp³-hybridized carbons (Fsp3) is 0.917. The molecule has 2 heteroatoms. The number of hydrogen-bond acceptors (Lipinski definition) is 1. The smallest absolute Gasteiger partial charge is 0.221 e. The minimum Gasteiger partial charge on any atom is -0.351 e. The van der Waals surface area contributed by atoms with E-state index in [0.717, 1.165) is 12.3 Å². The summed E-state index contributed by atoms with van der Waals surface area (Å²) in [6.07, 6.45) is 5.83. The monoisotopic (exact) mass is 195 g/mol. The molecule has 0 aromatic heterocycles. The lowest BCUT2D eigenvalue weighted by atomic mass is 9.65. The lowest BCUT2D eigenvalue weighted by Crippen LogP contribution is -2.48. The number of carbonyl (C=O) groups is 1. The average molecular weight is 195 g/mol. The van der Waals surface area contributed by atoms with Crippen LogP contribution in [-0.4, -0.2) is 11.4 Å². The van der Waals surface area contributed by atoms with E-state index in [9.17, 15) is 4.79 Å². The first-order valence-corrected chi connectivity index (χ1v) is 5.83. The molecular weight excluding hydrogens is 174 g/mol. The van der Waals surface area contributed by atoms with E-state index < -0.39 is 0 Å². The molecule has 2 fully saturated rings. The van der Waals surface area contributed by atoms with Gasteiger partial charge in [0.2, 0.25) is 5.91 Å². The molecule has 14 heavy (non-hydrogen) atoms. The van der Waals surface area contributed by atoms with Crippen LogP contribution in [0.2, 0.25) is 0 Å². The van der Waals surface area contributed by atoms with Crippen molar-refractivity contribution in [1.82, 2.24) is 5.32 Å². The van der Waals surface area contributed by atoms with Crippen LogP contribution in [-0.2, 0) is 4.79 Å². The third kappa shape index (κ3) is 1.12. The maximum atomic E-state index is 11.6. The number of hydrogen-bond donors (Lipinski definition) is 1.